The molecule has 0 radical (unpaired) electrons. The highest BCUT2D eigenvalue weighted by molar-refractivity contribution is 6.00. The van der Waals surface area contributed by atoms with Gasteiger partial charge in [0.05, 0.1) is 11.7 Å². The van der Waals surface area contributed by atoms with Crippen molar-refractivity contribution >= 4 is 28.3 Å². The van der Waals surface area contributed by atoms with Crippen molar-refractivity contribution in [1.82, 2.24) is 15.2 Å². The van der Waals surface area contributed by atoms with Crippen LogP contribution in [0.15, 0.2) is 36.7 Å². The van der Waals surface area contributed by atoms with Gasteiger partial charge in [-0.3, -0.25) is 9.89 Å². The fraction of sp³-hybridized carbons (Fsp3) is 0.235. The Kier molecular flexibility index (Phi) is 3.04. The van der Waals surface area contributed by atoms with Crippen molar-refractivity contribution in [2.75, 3.05) is 24.3 Å². The molecule has 1 amide bonds. The van der Waals surface area contributed by atoms with E-state index < -0.39 is 0 Å². The minimum atomic E-state index is -0.0217. The third-order valence-electron chi connectivity index (χ3n) is 4.30. The first-order valence-electron chi connectivity index (χ1n) is 7.52. The summed E-state index contributed by atoms with van der Waals surface area (Å²) in [6.45, 7) is 0. The summed E-state index contributed by atoms with van der Waals surface area (Å²) in [7, 11) is 3.92. The Hall–Kier alpha value is -2.89. The van der Waals surface area contributed by atoms with Crippen LogP contribution in [0.1, 0.15) is 23.5 Å². The van der Waals surface area contributed by atoms with E-state index in [1.807, 2.05) is 49.5 Å². The van der Waals surface area contributed by atoms with E-state index in [4.69, 9.17) is 0 Å². The lowest BCUT2D eigenvalue weighted by atomic mass is 9.84. The van der Waals surface area contributed by atoms with Gasteiger partial charge in [-0.05, 0) is 23.8 Å². The molecular formula is C17H17N5O. The Morgan fingerprint density at radius 2 is 2.04 bits per heavy atom. The second-order valence-corrected chi connectivity index (χ2v) is 6.01. The highest BCUT2D eigenvalue weighted by Crippen LogP contribution is 2.40. The lowest BCUT2D eigenvalue weighted by Crippen LogP contribution is -2.24. The molecule has 4 rings (SSSR count). The van der Waals surface area contributed by atoms with E-state index in [2.05, 4.69) is 20.5 Å². The standard InChI is InChI=1S/C17H17N5O/c1-22(2)14-6-4-10(8-18-14)12-7-15(23)20-13-5-3-11-9-19-21-17(11)16(12)13/h3-6,8-9,12H,7H2,1-2H3,(H,19,21)(H,20,23). The van der Waals surface area contributed by atoms with Crippen molar-refractivity contribution in [2.24, 2.45) is 0 Å². The maximum atomic E-state index is 12.1. The molecule has 3 aromatic rings. The van der Waals surface area contributed by atoms with Crippen LogP contribution in [0.2, 0.25) is 0 Å². The summed E-state index contributed by atoms with van der Waals surface area (Å²) in [6, 6.07) is 7.94. The summed E-state index contributed by atoms with van der Waals surface area (Å²) >= 11 is 0. The zero-order valence-electron chi connectivity index (χ0n) is 13.0. The maximum Gasteiger partial charge on any atom is 0.225 e. The predicted octanol–water partition coefficient (Wildman–Crippen LogP) is 2.50. The Morgan fingerprint density at radius 1 is 1.17 bits per heavy atom. The van der Waals surface area contributed by atoms with Crippen LogP contribution in [-0.2, 0) is 4.79 Å². The topological polar surface area (TPSA) is 73.9 Å². The van der Waals surface area contributed by atoms with Gasteiger partial charge in [-0.25, -0.2) is 4.98 Å². The smallest absolute Gasteiger partial charge is 0.225 e. The number of nitrogens with one attached hydrogen (secondary N) is 2. The molecule has 2 N–H and O–H groups in total. The molecule has 0 saturated carbocycles. The van der Waals surface area contributed by atoms with Gasteiger partial charge in [0, 0.05) is 49.3 Å². The van der Waals surface area contributed by atoms with Crippen LogP contribution in [0, 0.1) is 0 Å². The third-order valence-corrected chi connectivity index (χ3v) is 4.30. The summed E-state index contributed by atoms with van der Waals surface area (Å²) in [5.41, 5.74) is 3.94. The highest BCUT2D eigenvalue weighted by Gasteiger charge is 2.29. The normalized spacial score (nSPS) is 17.0. The van der Waals surface area contributed by atoms with E-state index in [-0.39, 0.29) is 11.8 Å². The molecule has 1 unspecified atom stereocenters. The zero-order valence-corrected chi connectivity index (χ0v) is 13.0. The molecule has 1 aliphatic rings. The van der Waals surface area contributed by atoms with E-state index in [0.717, 1.165) is 33.5 Å². The summed E-state index contributed by atoms with van der Waals surface area (Å²) in [5.74, 6) is 0.902. The summed E-state index contributed by atoms with van der Waals surface area (Å²) < 4.78 is 0. The monoisotopic (exact) mass is 307 g/mol. The Morgan fingerprint density at radius 3 is 2.78 bits per heavy atom. The number of rotatable bonds is 2. The number of carbonyl (C=O) groups excluding carboxylic acids is 1. The van der Waals surface area contributed by atoms with Gasteiger partial charge in [-0.1, -0.05) is 6.07 Å². The molecule has 0 fully saturated rings. The van der Waals surface area contributed by atoms with Gasteiger partial charge in [0.1, 0.15) is 5.82 Å². The fourth-order valence-corrected chi connectivity index (χ4v) is 3.15. The molecule has 0 saturated heterocycles. The van der Waals surface area contributed by atoms with Gasteiger partial charge in [-0.15, -0.1) is 0 Å². The lowest BCUT2D eigenvalue weighted by Gasteiger charge is -2.26. The van der Waals surface area contributed by atoms with Crippen LogP contribution < -0.4 is 10.2 Å². The van der Waals surface area contributed by atoms with Crippen LogP contribution >= 0.6 is 0 Å². The van der Waals surface area contributed by atoms with Gasteiger partial charge < -0.3 is 10.2 Å². The van der Waals surface area contributed by atoms with Crippen molar-refractivity contribution in [3.63, 3.8) is 0 Å². The average Bonchev–Trinajstić information content (AvgIpc) is 3.02. The molecule has 6 heteroatoms. The van der Waals surface area contributed by atoms with Crippen molar-refractivity contribution in [1.29, 1.82) is 0 Å². The van der Waals surface area contributed by atoms with E-state index >= 15 is 0 Å². The quantitative estimate of drug-likeness (QED) is 0.763. The summed E-state index contributed by atoms with van der Waals surface area (Å²) in [4.78, 5) is 18.5. The van der Waals surface area contributed by atoms with E-state index in [1.165, 1.54) is 0 Å². The molecule has 1 aliphatic heterocycles. The number of amides is 1. The summed E-state index contributed by atoms with van der Waals surface area (Å²) in [6.07, 6.45) is 4.07. The molecule has 3 heterocycles. The fourth-order valence-electron chi connectivity index (χ4n) is 3.15. The zero-order chi connectivity index (χ0) is 16.0. The minimum Gasteiger partial charge on any atom is -0.363 e. The number of benzene rings is 1. The molecule has 0 aliphatic carbocycles. The van der Waals surface area contributed by atoms with Crippen molar-refractivity contribution in [3.8, 4) is 0 Å². The molecule has 116 valence electrons. The minimum absolute atomic E-state index is 0.0217. The van der Waals surface area contributed by atoms with Crippen LogP contribution in [-0.4, -0.2) is 35.2 Å². The Bertz CT molecular complexity index is 882. The number of hydrogen-bond acceptors (Lipinski definition) is 4. The number of hydrogen-bond donors (Lipinski definition) is 2. The molecule has 1 atom stereocenters. The Balaban J connectivity index is 1.86. The second kappa shape index (κ2) is 5.08. The molecule has 0 spiro atoms. The third kappa shape index (κ3) is 2.23. The summed E-state index contributed by atoms with van der Waals surface area (Å²) in [5, 5.41) is 11.2. The molecule has 23 heavy (non-hydrogen) atoms. The molecule has 6 nitrogen and oxygen atoms in total. The Labute approximate surface area is 133 Å². The molecular weight excluding hydrogens is 290 g/mol. The van der Waals surface area contributed by atoms with Gasteiger partial charge in [0.25, 0.3) is 0 Å². The van der Waals surface area contributed by atoms with E-state index in [0.29, 0.717) is 6.42 Å². The van der Waals surface area contributed by atoms with Gasteiger partial charge in [-0.2, -0.15) is 5.10 Å². The number of aromatic amines is 1. The van der Waals surface area contributed by atoms with Gasteiger partial charge in [0.15, 0.2) is 0 Å². The number of fused-ring (bicyclic) bond motifs is 3. The number of nitrogens with zero attached hydrogens (tertiary/aromatic N) is 3. The first-order valence-corrected chi connectivity index (χ1v) is 7.52. The number of anilines is 2. The number of H-pyrrole nitrogens is 1. The molecule has 2 aromatic heterocycles. The van der Waals surface area contributed by atoms with Gasteiger partial charge >= 0.3 is 0 Å². The first kappa shape index (κ1) is 13.8. The number of aromatic nitrogens is 3. The maximum absolute atomic E-state index is 12.1. The predicted molar refractivity (Wildman–Crippen MR) is 89.7 cm³/mol. The van der Waals surface area contributed by atoms with E-state index in [1.54, 1.807) is 6.20 Å². The van der Waals surface area contributed by atoms with Gasteiger partial charge in [0.2, 0.25) is 5.91 Å². The largest absolute Gasteiger partial charge is 0.363 e. The van der Waals surface area contributed by atoms with Crippen molar-refractivity contribution < 1.29 is 4.79 Å². The SMILES string of the molecule is CN(C)c1ccc(C2CC(=O)Nc3ccc4cn[nH]c4c32)cn1. The number of pyridine rings is 1. The number of carbonyl (C=O) groups is 1. The van der Waals surface area contributed by atoms with Crippen LogP contribution in [0.25, 0.3) is 10.9 Å². The average molecular weight is 307 g/mol. The van der Waals surface area contributed by atoms with Crippen LogP contribution in [0.3, 0.4) is 0 Å². The molecule has 0 bridgehead atoms. The van der Waals surface area contributed by atoms with Crippen LogP contribution in [0.4, 0.5) is 11.5 Å². The second-order valence-electron chi connectivity index (χ2n) is 6.01. The van der Waals surface area contributed by atoms with E-state index in [9.17, 15) is 4.79 Å². The molecule has 1 aromatic carbocycles. The van der Waals surface area contributed by atoms with Crippen molar-refractivity contribution in [2.45, 2.75) is 12.3 Å². The van der Waals surface area contributed by atoms with Crippen molar-refractivity contribution in [3.05, 3.63) is 47.8 Å². The first-order chi connectivity index (χ1) is 11.1. The highest BCUT2D eigenvalue weighted by atomic mass is 16.1. The lowest BCUT2D eigenvalue weighted by molar-refractivity contribution is -0.116. The van der Waals surface area contributed by atoms with Crippen LogP contribution in [0.5, 0.6) is 0 Å².